The van der Waals surface area contributed by atoms with Crippen LogP contribution in [0.25, 0.3) is 16.8 Å². The van der Waals surface area contributed by atoms with Gasteiger partial charge in [0.1, 0.15) is 22.2 Å². The molecule has 0 saturated carbocycles. The molecular weight excluding hydrogens is 400 g/mol. The molecule has 0 radical (unpaired) electrons. The molecule has 5 nitrogen and oxygen atoms in total. The number of nitrogens with zero attached hydrogens (tertiary/aromatic N) is 3. The maximum absolute atomic E-state index is 12.9. The maximum atomic E-state index is 12.9. The van der Waals surface area contributed by atoms with Crippen molar-refractivity contribution in [3.05, 3.63) is 76.5 Å². The summed E-state index contributed by atoms with van der Waals surface area (Å²) < 4.78 is 32.2. The van der Waals surface area contributed by atoms with Crippen LogP contribution in [0, 0.1) is 6.92 Å². The van der Waals surface area contributed by atoms with Crippen molar-refractivity contribution in [2.75, 3.05) is 7.11 Å². The van der Waals surface area contributed by atoms with E-state index in [0.29, 0.717) is 38.9 Å². The average molecular weight is 418 g/mol. The van der Waals surface area contributed by atoms with Gasteiger partial charge in [0.05, 0.1) is 12.7 Å². The summed E-state index contributed by atoms with van der Waals surface area (Å²) >= 11 is 6.52. The summed E-state index contributed by atoms with van der Waals surface area (Å²) in [4.78, 5) is 20.3. The van der Waals surface area contributed by atoms with E-state index in [4.69, 9.17) is 16.3 Å². The van der Waals surface area contributed by atoms with Crippen LogP contribution in [-0.4, -0.2) is 27.4 Å². The summed E-state index contributed by atoms with van der Waals surface area (Å²) in [6, 6.07) is 6.05. The molecule has 0 aliphatic heterocycles. The van der Waals surface area contributed by atoms with E-state index < -0.39 is 12.4 Å². The molecule has 3 rings (SSSR count). The van der Waals surface area contributed by atoms with Crippen LogP contribution in [-0.2, 0) is 4.74 Å². The first kappa shape index (κ1) is 20.7. The Kier molecular flexibility index (Phi) is 5.79. The predicted molar refractivity (Wildman–Crippen MR) is 108 cm³/mol. The van der Waals surface area contributed by atoms with E-state index in [0.717, 1.165) is 5.57 Å². The molecule has 29 heavy (non-hydrogen) atoms. The first-order chi connectivity index (χ1) is 13.8. The number of aryl methyl sites for hydroxylation is 1. The van der Waals surface area contributed by atoms with Gasteiger partial charge in [0.2, 0.25) is 0 Å². The second-order valence-corrected chi connectivity index (χ2v) is 6.66. The first-order valence-corrected chi connectivity index (χ1v) is 9.02. The molecule has 3 aromatic rings. The third-order valence-corrected chi connectivity index (χ3v) is 4.95. The quantitative estimate of drug-likeness (QED) is 0.404. The number of allylic oxidation sites excluding steroid dienone is 3. The SMILES string of the molecule is C=C/C(=C(\C)c1ccc(C(F)F)nc1C)c1nc2cc(C(=O)OC)ccn2c1Cl. The third kappa shape index (κ3) is 3.78. The van der Waals surface area contributed by atoms with E-state index in [1.807, 2.05) is 6.92 Å². The Morgan fingerprint density at radius 1 is 1.31 bits per heavy atom. The Hall–Kier alpha value is -3.06. The van der Waals surface area contributed by atoms with Crippen LogP contribution in [0.15, 0.2) is 43.1 Å². The van der Waals surface area contributed by atoms with Gasteiger partial charge in [-0.1, -0.05) is 30.3 Å². The largest absolute Gasteiger partial charge is 0.465 e. The lowest BCUT2D eigenvalue weighted by atomic mass is 9.98. The number of esters is 1. The third-order valence-electron chi connectivity index (χ3n) is 4.59. The molecule has 0 spiro atoms. The highest BCUT2D eigenvalue weighted by Crippen LogP contribution is 2.33. The number of hydrogen-bond acceptors (Lipinski definition) is 4. The van der Waals surface area contributed by atoms with Gasteiger partial charge in [0.25, 0.3) is 6.43 Å². The lowest BCUT2D eigenvalue weighted by Gasteiger charge is -2.11. The predicted octanol–water partition coefficient (Wildman–Crippen LogP) is 5.53. The molecule has 0 atom stereocenters. The summed E-state index contributed by atoms with van der Waals surface area (Å²) in [7, 11) is 1.30. The summed E-state index contributed by atoms with van der Waals surface area (Å²) in [6.45, 7) is 7.34. The number of fused-ring (bicyclic) bond motifs is 1. The molecule has 0 amide bonds. The number of hydrogen-bond donors (Lipinski definition) is 0. The van der Waals surface area contributed by atoms with Crippen molar-refractivity contribution in [1.82, 2.24) is 14.4 Å². The number of imidazole rings is 1. The van der Waals surface area contributed by atoms with E-state index >= 15 is 0 Å². The fraction of sp³-hybridized carbons (Fsp3) is 0.190. The van der Waals surface area contributed by atoms with Gasteiger partial charge >= 0.3 is 5.97 Å². The highest BCUT2D eigenvalue weighted by molar-refractivity contribution is 6.32. The number of alkyl halides is 2. The molecule has 0 fully saturated rings. The molecule has 0 bridgehead atoms. The fourth-order valence-corrected chi connectivity index (χ4v) is 3.39. The van der Waals surface area contributed by atoms with E-state index in [-0.39, 0.29) is 5.69 Å². The molecular formula is C21H18ClF2N3O2. The molecule has 0 N–H and O–H groups in total. The molecule has 3 heterocycles. The number of pyridine rings is 2. The summed E-state index contributed by atoms with van der Waals surface area (Å²) in [5.41, 5.74) is 3.51. The Balaban J connectivity index is 2.16. The van der Waals surface area contributed by atoms with Crippen molar-refractivity contribution in [1.29, 1.82) is 0 Å². The number of halogens is 3. The molecule has 0 aliphatic carbocycles. The molecule has 0 aliphatic rings. The van der Waals surface area contributed by atoms with Gasteiger partial charge < -0.3 is 4.74 Å². The van der Waals surface area contributed by atoms with Crippen LogP contribution in [0.4, 0.5) is 8.78 Å². The minimum absolute atomic E-state index is 0.277. The second-order valence-electron chi connectivity index (χ2n) is 6.30. The van der Waals surface area contributed by atoms with Crippen molar-refractivity contribution in [2.45, 2.75) is 20.3 Å². The van der Waals surface area contributed by atoms with Gasteiger partial charge in [-0.05, 0) is 43.2 Å². The second kappa shape index (κ2) is 8.13. The number of carbonyl (C=O) groups excluding carboxylic acids is 1. The summed E-state index contributed by atoms with van der Waals surface area (Å²) in [5.74, 6) is -0.482. The normalized spacial score (nSPS) is 12.2. The number of ether oxygens (including phenoxy) is 1. The Morgan fingerprint density at radius 3 is 2.62 bits per heavy atom. The summed E-state index contributed by atoms with van der Waals surface area (Å²) in [5, 5.41) is 0.334. The number of carbonyl (C=O) groups is 1. The zero-order valence-electron chi connectivity index (χ0n) is 16.0. The van der Waals surface area contributed by atoms with Crippen LogP contribution in [0.3, 0.4) is 0 Å². The van der Waals surface area contributed by atoms with Gasteiger partial charge in [-0.3, -0.25) is 9.38 Å². The molecule has 150 valence electrons. The smallest absolute Gasteiger partial charge is 0.338 e. The highest BCUT2D eigenvalue weighted by atomic mass is 35.5. The topological polar surface area (TPSA) is 56.5 Å². The zero-order chi connectivity index (χ0) is 21.3. The van der Waals surface area contributed by atoms with Crippen molar-refractivity contribution >= 4 is 34.4 Å². The van der Waals surface area contributed by atoms with E-state index in [1.54, 1.807) is 41.8 Å². The zero-order valence-corrected chi connectivity index (χ0v) is 16.8. The van der Waals surface area contributed by atoms with Crippen molar-refractivity contribution in [2.24, 2.45) is 0 Å². The minimum atomic E-state index is -2.64. The van der Waals surface area contributed by atoms with Crippen LogP contribution >= 0.6 is 11.6 Å². The molecule has 0 saturated heterocycles. The number of rotatable bonds is 5. The van der Waals surface area contributed by atoms with Crippen LogP contribution in [0.2, 0.25) is 5.15 Å². The minimum Gasteiger partial charge on any atom is -0.465 e. The van der Waals surface area contributed by atoms with Crippen LogP contribution in [0.1, 0.15) is 46.4 Å². The van der Waals surface area contributed by atoms with Crippen LogP contribution < -0.4 is 0 Å². The Morgan fingerprint density at radius 2 is 2.03 bits per heavy atom. The Bertz CT molecular complexity index is 1150. The molecule has 8 heteroatoms. The fourth-order valence-electron chi connectivity index (χ4n) is 3.10. The standard InChI is InChI=1S/C21H18ClF2N3O2/c1-5-14(11(2)15-6-7-16(20(23)24)25-12(15)3)18-19(22)27-9-8-13(21(28)29-4)10-17(27)26-18/h5-10,20H,1H2,2-4H3/b14-11-. The summed E-state index contributed by atoms with van der Waals surface area (Å²) in [6.07, 6.45) is 0.591. The van der Waals surface area contributed by atoms with Crippen LogP contribution in [0.5, 0.6) is 0 Å². The Labute approximate surface area is 171 Å². The van der Waals surface area contributed by atoms with Gasteiger partial charge in [-0.15, -0.1) is 0 Å². The number of methoxy groups -OCH3 is 1. The number of aromatic nitrogens is 3. The van der Waals surface area contributed by atoms with Crippen molar-refractivity contribution in [3.8, 4) is 0 Å². The van der Waals surface area contributed by atoms with Crippen molar-refractivity contribution < 1.29 is 18.3 Å². The molecule has 0 unspecified atom stereocenters. The lowest BCUT2D eigenvalue weighted by molar-refractivity contribution is 0.0600. The van der Waals surface area contributed by atoms with Gasteiger partial charge in [0, 0.05) is 17.5 Å². The lowest BCUT2D eigenvalue weighted by Crippen LogP contribution is -2.01. The monoisotopic (exact) mass is 417 g/mol. The molecule has 0 aromatic carbocycles. The van der Waals surface area contributed by atoms with Gasteiger partial charge in [-0.2, -0.15) is 0 Å². The maximum Gasteiger partial charge on any atom is 0.338 e. The highest BCUT2D eigenvalue weighted by Gasteiger charge is 2.19. The van der Waals surface area contributed by atoms with Gasteiger partial charge in [0.15, 0.2) is 0 Å². The van der Waals surface area contributed by atoms with Gasteiger partial charge in [-0.25, -0.2) is 18.6 Å². The molecule has 3 aromatic heterocycles. The van der Waals surface area contributed by atoms with E-state index in [2.05, 4.69) is 16.5 Å². The van der Waals surface area contributed by atoms with E-state index in [9.17, 15) is 13.6 Å². The van der Waals surface area contributed by atoms with Crippen molar-refractivity contribution in [3.63, 3.8) is 0 Å². The van der Waals surface area contributed by atoms with E-state index in [1.165, 1.54) is 13.2 Å². The average Bonchev–Trinajstić information content (AvgIpc) is 3.03. The first-order valence-electron chi connectivity index (χ1n) is 8.64.